The summed E-state index contributed by atoms with van der Waals surface area (Å²) in [5.74, 6) is 0.261. The zero-order valence-corrected chi connectivity index (χ0v) is 14.8. The lowest BCUT2D eigenvalue weighted by molar-refractivity contribution is 0.179. The second-order valence-corrected chi connectivity index (χ2v) is 6.05. The highest BCUT2D eigenvalue weighted by atomic mass is 35.5. The van der Waals surface area contributed by atoms with Crippen LogP contribution in [0.25, 0.3) is 0 Å². The monoisotopic (exact) mass is 352 g/mol. The van der Waals surface area contributed by atoms with E-state index in [9.17, 15) is 9.50 Å². The van der Waals surface area contributed by atoms with Crippen molar-refractivity contribution >= 4 is 17.6 Å². The first kappa shape index (κ1) is 18.3. The minimum atomic E-state index is -0.824. The highest BCUT2D eigenvalue weighted by Gasteiger charge is 2.13. The topological polar surface area (TPSA) is 52.8 Å². The molecule has 2 N–H and O–H groups in total. The largest absolute Gasteiger partial charge is 0.387 e. The Morgan fingerprint density at radius 2 is 2.21 bits per heavy atom. The predicted octanol–water partition coefficient (Wildman–Crippen LogP) is 2.56. The van der Waals surface area contributed by atoms with E-state index < -0.39 is 6.10 Å². The molecule has 1 atom stereocenters. The first-order valence-corrected chi connectivity index (χ1v) is 7.94. The van der Waals surface area contributed by atoms with Gasteiger partial charge in [-0.25, -0.2) is 4.39 Å². The third-order valence-electron chi connectivity index (χ3n) is 3.73. The lowest BCUT2D eigenvalue weighted by Crippen LogP contribution is -2.40. The molecule has 130 valence electrons. The van der Waals surface area contributed by atoms with E-state index in [1.807, 2.05) is 35.8 Å². The minimum Gasteiger partial charge on any atom is -0.387 e. The summed E-state index contributed by atoms with van der Waals surface area (Å²) in [7, 11) is 5.50. The standard InChI is InChI=1S/C17H22ClFN4O/c1-20-17(23(3)11-15-8-13(18)10-22(15)2)21-9-16(24)12-5-4-6-14(19)7-12/h4-8,10,16,24H,9,11H2,1-3H3,(H,20,21). The van der Waals surface area contributed by atoms with Crippen molar-refractivity contribution in [3.05, 3.63) is 58.6 Å². The zero-order chi connectivity index (χ0) is 17.7. The summed E-state index contributed by atoms with van der Waals surface area (Å²) in [5.41, 5.74) is 1.56. The number of hydrogen-bond acceptors (Lipinski definition) is 2. The zero-order valence-electron chi connectivity index (χ0n) is 14.0. The Hall–Kier alpha value is -2.05. The van der Waals surface area contributed by atoms with E-state index in [0.717, 1.165) is 5.69 Å². The summed E-state index contributed by atoms with van der Waals surface area (Å²) in [6.07, 6.45) is 1.02. The smallest absolute Gasteiger partial charge is 0.193 e. The number of aliphatic hydroxyl groups excluding tert-OH is 1. The number of nitrogens with one attached hydrogen (secondary N) is 1. The van der Waals surface area contributed by atoms with Crippen LogP contribution in [0.15, 0.2) is 41.5 Å². The van der Waals surface area contributed by atoms with Crippen LogP contribution in [0.1, 0.15) is 17.4 Å². The molecular weight excluding hydrogens is 331 g/mol. The number of hydrogen-bond donors (Lipinski definition) is 2. The molecule has 0 spiro atoms. The molecule has 1 unspecified atom stereocenters. The van der Waals surface area contributed by atoms with Crippen molar-refractivity contribution in [2.75, 3.05) is 20.6 Å². The number of nitrogens with zero attached hydrogens (tertiary/aromatic N) is 3. The Balaban J connectivity index is 1.95. The molecule has 0 aliphatic rings. The van der Waals surface area contributed by atoms with Gasteiger partial charge in [-0.05, 0) is 23.8 Å². The number of rotatable bonds is 5. The van der Waals surface area contributed by atoms with Crippen LogP contribution in [0.4, 0.5) is 4.39 Å². The van der Waals surface area contributed by atoms with Gasteiger partial charge in [0.15, 0.2) is 5.96 Å². The summed E-state index contributed by atoms with van der Waals surface area (Å²) < 4.78 is 15.2. The van der Waals surface area contributed by atoms with Crippen LogP contribution >= 0.6 is 11.6 Å². The van der Waals surface area contributed by atoms with E-state index in [1.165, 1.54) is 12.1 Å². The van der Waals surface area contributed by atoms with Crippen molar-refractivity contribution in [3.63, 3.8) is 0 Å². The van der Waals surface area contributed by atoms with E-state index in [2.05, 4.69) is 10.3 Å². The average Bonchev–Trinajstić information content (AvgIpc) is 2.85. The number of aliphatic imine (C=N–C) groups is 1. The third-order valence-corrected chi connectivity index (χ3v) is 3.94. The van der Waals surface area contributed by atoms with Crippen molar-refractivity contribution < 1.29 is 9.50 Å². The molecule has 0 saturated carbocycles. The Kier molecular flexibility index (Phi) is 6.23. The molecule has 2 aromatic rings. The van der Waals surface area contributed by atoms with Crippen LogP contribution in [0.5, 0.6) is 0 Å². The quantitative estimate of drug-likeness (QED) is 0.642. The van der Waals surface area contributed by atoms with Gasteiger partial charge in [0.2, 0.25) is 0 Å². The molecule has 0 aliphatic heterocycles. The van der Waals surface area contributed by atoms with E-state index in [-0.39, 0.29) is 12.4 Å². The average molecular weight is 353 g/mol. The summed E-state index contributed by atoms with van der Waals surface area (Å²) in [6, 6.07) is 7.83. The van der Waals surface area contributed by atoms with Gasteiger partial charge in [0, 0.05) is 39.6 Å². The van der Waals surface area contributed by atoms with Crippen molar-refractivity contribution in [2.24, 2.45) is 12.0 Å². The second kappa shape index (κ2) is 8.17. The van der Waals surface area contributed by atoms with E-state index in [0.29, 0.717) is 23.1 Å². The number of aliphatic hydroxyl groups is 1. The molecular formula is C17H22ClFN4O. The van der Waals surface area contributed by atoms with Gasteiger partial charge in [0.25, 0.3) is 0 Å². The molecule has 0 saturated heterocycles. The lowest BCUT2D eigenvalue weighted by atomic mass is 10.1. The van der Waals surface area contributed by atoms with Crippen molar-refractivity contribution in [1.82, 2.24) is 14.8 Å². The van der Waals surface area contributed by atoms with Crippen LogP contribution in [0.2, 0.25) is 5.02 Å². The molecule has 0 radical (unpaired) electrons. The van der Waals surface area contributed by atoms with Gasteiger partial charge < -0.3 is 19.9 Å². The normalized spacial score (nSPS) is 13.0. The molecule has 0 fully saturated rings. The number of aromatic nitrogens is 1. The van der Waals surface area contributed by atoms with Crippen LogP contribution in [-0.2, 0) is 13.6 Å². The second-order valence-electron chi connectivity index (χ2n) is 5.62. The van der Waals surface area contributed by atoms with Gasteiger partial charge in [-0.1, -0.05) is 23.7 Å². The minimum absolute atomic E-state index is 0.231. The maximum Gasteiger partial charge on any atom is 0.193 e. The van der Waals surface area contributed by atoms with Gasteiger partial charge in [-0.2, -0.15) is 0 Å². The number of benzene rings is 1. The number of aryl methyl sites for hydroxylation is 1. The molecule has 7 heteroatoms. The SMILES string of the molecule is CN=C(NCC(O)c1cccc(F)c1)N(C)Cc1cc(Cl)cn1C. The van der Waals surface area contributed by atoms with Gasteiger partial charge >= 0.3 is 0 Å². The molecule has 1 aromatic carbocycles. The van der Waals surface area contributed by atoms with Gasteiger partial charge in [-0.15, -0.1) is 0 Å². The summed E-state index contributed by atoms with van der Waals surface area (Å²) in [4.78, 5) is 6.13. The summed E-state index contributed by atoms with van der Waals surface area (Å²) in [5, 5.41) is 14.0. The Labute approximate surface area is 146 Å². The Bertz CT molecular complexity index is 716. The van der Waals surface area contributed by atoms with E-state index in [4.69, 9.17) is 11.6 Å². The highest BCUT2D eigenvalue weighted by molar-refractivity contribution is 6.30. The summed E-state index contributed by atoms with van der Waals surface area (Å²) in [6.45, 7) is 0.841. The highest BCUT2D eigenvalue weighted by Crippen LogP contribution is 2.15. The Morgan fingerprint density at radius 3 is 2.79 bits per heavy atom. The van der Waals surface area contributed by atoms with Crippen LogP contribution in [-0.4, -0.2) is 41.2 Å². The third kappa shape index (κ3) is 4.72. The molecule has 2 rings (SSSR count). The van der Waals surface area contributed by atoms with Gasteiger partial charge in [-0.3, -0.25) is 4.99 Å². The van der Waals surface area contributed by atoms with Crippen LogP contribution in [0, 0.1) is 5.82 Å². The van der Waals surface area contributed by atoms with E-state index in [1.54, 1.807) is 19.2 Å². The first-order valence-electron chi connectivity index (χ1n) is 7.56. The van der Waals surface area contributed by atoms with Gasteiger partial charge in [0.1, 0.15) is 5.82 Å². The van der Waals surface area contributed by atoms with Crippen LogP contribution in [0.3, 0.4) is 0 Å². The van der Waals surface area contributed by atoms with Gasteiger partial charge in [0.05, 0.1) is 17.7 Å². The van der Waals surface area contributed by atoms with Crippen LogP contribution < -0.4 is 5.32 Å². The molecule has 1 heterocycles. The predicted molar refractivity (Wildman–Crippen MR) is 94.6 cm³/mol. The fourth-order valence-corrected chi connectivity index (χ4v) is 2.72. The Morgan fingerprint density at radius 1 is 1.46 bits per heavy atom. The first-order chi connectivity index (χ1) is 11.4. The van der Waals surface area contributed by atoms with Crippen molar-refractivity contribution in [1.29, 1.82) is 0 Å². The fourth-order valence-electron chi connectivity index (χ4n) is 2.45. The summed E-state index contributed by atoms with van der Waals surface area (Å²) >= 11 is 6.00. The maximum atomic E-state index is 13.2. The molecule has 24 heavy (non-hydrogen) atoms. The molecule has 0 aliphatic carbocycles. The molecule has 0 bridgehead atoms. The lowest BCUT2D eigenvalue weighted by Gasteiger charge is -2.23. The number of guanidine groups is 1. The maximum absolute atomic E-state index is 13.2. The fraction of sp³-hybridized carbons (Fsp3) is 0.353. The molecule has 5 nitrogen and oxygen atoms in total. The molecule has 1 aromatic heterocycles. The molecule has 0 amide bonds. The van der Waals surface area contributed by atoms with E-state index >= 15 is 0 Å². The number of halogens is 2. The van der Waals surface area contributed by atoms with Crippen molar-refractivity contribution in [3.8, 4) is 0 Å². The van der Waals surface area contributed by atoms with Crippen molar-refractivity contribution in [2.45, 2.75) is 12.6 Å².